The van der Waals surface area contributed by atoms with Crippen LogP contribution in [0.15, 0.2) is 11.1 Å². The first-order valence-corrected chi connectivity index (χ1v) is 8.02. The predicted molar refractivity (Wildman–Crippen MR) is 69.6 cm³/mol. The van der Waals surface area contributed by atoms with Crippen molar-refractivity contribution in [3.05, 3.63) is 11.1 Å². The second-order valence-electron chi connectivity index (χ2n) is 8.09. The number of fused-ring (bicyclic) bond motifs is 2. The standard InChI is InChI=1S/C17H24/c1-2-15-6-11(1)7-16(15)17-8-12-3-13(9-17)5-14(4-12)10-17/h11-14H,1-10H2. The summed E-state index contributed by atoms with van der Waals surface area (Å²) in [5.41, 5.74) is 4.75. The molecule has 0 aromatic rings. The summed E-state index contributed by atoms with van der Waals surface area (Å²) in [7, 11) is 0. The van der Waals surface area contributed by atoms with Crippen LogP contribution in [0.25, 0.3) is 0 Å². The van der Waals surface area contributed by atoms with E-state index in [1.54, 1.807) is 38.5 Å². The fourth-order valence-corrected chi connectivity index (χ4v) is 6.88. The Morgan fingerprint density at radius 2 is 1.41 bits per heavy atom. The molecule has 0 aliphatic heterocycles. The van der Waals surface area contributed by atoms with Gasteiger partial charge in [0.15, 0.2) is 0 Å². The van der Waals surface area contributed by atoms with Crippen molar-refractivity contribution in [2.75, 3.05) is 0 Å². The maximum Gasteiger partial charge on any atom is -0.00774 e. The SMILES string of the molecule is C1CC2CC1=C(C13CC4CC(CC(C4)C1)C3)C2. The highest BCUT2D eigenvalue weighted by molar-refractivity contribution is 5.33. The molecule has 0 aromatic carbocycles. The summed E-state index contributed by atoms with van der Waals surface area (Å²) >= 11 is 0. The lowest BCUT2D eigenvalue weighted by atomic mass is 9.47. The van der Waals surface area contributed by atoms with E-state index < -0.39 is 0 Å². The molecule has 17 heavy (non-hydrogen) atoms. The van der Waals surface area contributed by atoms with Crippen molar-refractivity contribution in [2.24, 2.45) is 29.1 Å². The second kappa shape index (κ2) is 3.00. The van der Waals surface area contributed by atoms with E-state index in [2.05, 4.69) is 0 Å². The fourth-order valence-electron chi connectivity index (χ4n) is 6.88. The van der Waals surface area contributed by atoms with Crippen LogP contribution in [0.1, 0.15) is 64.2 Å². The predicted octanol–water partition coefficient (Wildman–Crippen LogP) is 4.70. The Morgan fingerprint density at radius 3 is 1.88 bits per heavy atom. The maximum atomic E-state index is 2.04. The van der Waals surface area contributed by atoms with E-state index in [1.807, 2.05) is 11.1 Å². The van der Waals surface area contributed by atoms with Crippen molar-refractivity contribution < 1.29 is 0 Å². The van der Waals surface area contributed by atoms with Gasteiger partial charge in [0, 0.05) is 0 Å². The zero-order valence-corrected chi connectivity index (χ0v) is 10.9. The van der Waals surface area contributed by atoms with Gasteiger partial charge in [-0.05, 0) is 93.3 Å². The lowest BCUT2D eigenvalue weighted by Crippen LogP contribution is -2.47. The molecule has 0 nitrogen and oxygen atoms in total. The van der Waals surface area contributed by atoms with Crippen molar-refractivity contribution in [3.63, 3.8) is 0 Å². The molecule has 1 atom stereocenters. The summed E-state index contributed by atoms with van der Waals surface area (Å²) in [6.07, 6.45) is 15.7. The molecule has 6 rings (SSSR count). The zero-order valence-electron chi connectivity index (χ0n) is 10.9. The third kappa shape index (κ3) is 1.20. The average molecular weight is 228 g/mol. The smallest absolute Gasteiger partial charge is 0.00774 e. The minimum Gasteiger partial charge on any atom is -0.0701 e. The van der Waals surface area contributed by atoms with Crippen LogP contribution in [0, 0.1) is 29.1 Å². The van der Waals surface area contributed by atoms with Gasteiger partial charge in [-0.1, -0.05) is 11.1 Å². The van der Waals surface area contributed by atoms with E-state index in [0.29, 0.717) is 0 Å². The molecular formula is C17H24. The minimum absolute atomic E-state index is 0.763. The molecule has 0 radical (unpaired) electrons. The summed E-state index contributed by atoms with van der Waals surface area (Å²) < 4.78 is 0. The Balaban J connectivity index is 1.58. The van der Waals surface area contributed by atoms with Crippen LogP contribution in [0.5, 0.6) is 0 Å². The topological polar surface area (TPSA) is 0 Å². The number of rotatable bonds is 1. The number of hydrogen-bond acceptors (Lipinski definition) is 0. The number of hydrogen-bond donors (Lipinski definition) is 0. The van der Waals surface area contributed by atoms with Crippen LogP contribution in [0.4, 0.5) is 0 Å². The normalized spacial score (nSPS) is 55.1. The molecule has 0 saturated heterocycles. The molecule has 1 unspecified atom stereocenters. The minimum atomic E-state index is 0.763. The zero-order chi connectivity index (χ0) is 11.0. The van der Waals surface area contributed by atoms with Gasteiger partial charge in [-0.25, -0.2) is 0 Å². The summed E-state index contributed by atoms with van der Waals surface area (Å²) in [4.78, 5) is 0. The van der Waals surface area contributed by atoms with Crippen LogP contribution in [0.2, 0.25) is 0 Å². The summed E-state index contributed by atoms with van der Waals surface area (Å²) in [5, 5.41) is 0. The van der Waals surface area contributed by atoms with Gasteiger partial charge in [-0.2, -0.15) is 0 Å². The van der Waals surface area contributed by atoms with Gasteiger partial charge < -0.3 is 0 Å². The van der Waals surface area contributed by atoms with Gasteiger partial charge in [0.05, 0.1) is 0 Å². The van der Waals surface area contributed by atoms with E-state index in [4.69, 9.17) is 0 Å². The highest BCUT2D eigenvalue weighted by atomic mass is 14.6. The molecule has 6 aliphatic rings. The molecule has 0 aromatic heterocycles. The molecule has 0 N–H and O–H groups in total. The third-order valence-corrected chi connectivity index (χ3v) is 6.99. The van der Waals surface area contributed by atoms with Crippen LogP contribution in [-0.4, -0.2) is 0 Å². The summed E-state index contributed by atoms with van der Waals surface area (Å²) in [5.74, 6) is 4.49. The lowest BCUT2D eigenvalue weighted by molar-refractivity contribution is -0.0329. The second-order valence-corrected chi connectivity index (χ2v) is 8.09. The molecule has 5 saturated carbocycles. The summed E-state index contributed by atoms with van der Waals surface area (Å²) in [6, 6.07) is 0. The van der Waals surface area contributed by atoms with Gasteiger partial charge in [-0.15, -0.1) is 0 Å². The van der Waals surface area contributed by atoms with E-state index in [1.165, 1.54) is 25.7 Å². The third-order valence-electron chi connectivity index (χ3n) is 6.99. The largest absolute Gasteiger partial charge is 0.0701 e. The Labute approximate surface area is 105 Å². The highest BCUT2D eigenvalue weighted by Gasteiger charge is 2.54. The Hall–Kier alpha value is -0.260. The fraction of sp³-hybridized carbons (Fsp3) is 0.882. The van der Waals surface area contributed by atoms with Gasteiger partial charge in [0.1, 0.15) is 0 Å². The van der Waals surface area contributed by atoms with Crippen molar-refractivity contribution in [3.8, 4) is 0 Å². The molecule has 6 bridgehead atoms. The Kier molecular flexibility index (Phi) is 1.70. The first-order valence-electron chi connectivity index (χ1n) is 8.02. The quantitative estimate of drug-likeness (QED) is 0.570. The van der Waals surface area contributed by atoms with E-state index in [-0.39, 0.29) is 0 Å². The molecule has 0 amide bonds. The first kappa shape index (κ1) is 9.64. The van der Waals surface area contributed by atoms with Crippen molar-refractivity contribution >= 4 is 0 Å². The van der Waals surface area contributed by atoms with Crippen molar-refractivity contribution in [2.45, 2.75) is 64.2 Å². The van der Waals surface area contributed by atoms with E-state index in [0.717, 1.165) is 29.1 Å². The van der Waals surface area contributed by atoms with Crippen LogP contribution >= 0.6 is 0 Å². The first-order chi connectivity index (χ1) is 8.31. The maximum absolute atomic E-state index is 2.04. The lowest BCUT2D eigenvalue weighted by Gasteiger charge is -2.58. The Morgan fingerprint density at radius 1 is 0.765 bits per heavy atom. The van der Waals surface area contributed by atoms with E-state index >= 15 is 0 Å². The number of allylic oxidation sites excluding steroid dienone is 2. The molecule has 0 heterocycles. The van der Waals surface area contributed by atoms with Crippen LogP contribution < -0.4 is 0 Å². The molecule has 6 aliphatic carbocycles. The van der Waals surface area contributed by atoms with E-state index in [9.17, 15) is 0 Å². The van der Waals surface area contributed by atoms with Gasteiger partial charge in [0.2, 0.25) is 0 Å². The van der Waals surface area contributed by atoms with Crippen molar-refractivity contribution in [1.82, 2.24) is 0 Å². The Bertz CT molecular complexity index is 365. The van der Waals surface area contributed by atoms with Crippen LogP contribution in [-0.2, 0) is 0 Å². The molecule has 0 heteroatoms. The van der Waals surface area contributed by atoms with Gasteiger partial charge in [-0.3, -0.25) is 0 Å². The average Bonchev–Trinajstić information content (AvgIpc) is 2.88. The highest BCUT2D eigenvalue weighted by Crippen LogP contribution is 2.66. The van der Waals surface area contributed by atoms with Crippen LogP contribution in [0.3, 0.4) is 0 Å². The molecular weight excluding hydrogens is 204 g/mol. The van der Waals surface area contributed by atoms with Crippen molar-refractivity contribution in [1.29, 1.82) is 0 Å². The monoisotopic (exact) mass is 228 g/mol. The molecule has 0 spiro atoms. The molecule has 92 valence electrons. The molecule has 5 fully saturated rings. The van der Waals surface area contributed by atoms with Gasteiger partial charge in [0.25, 0.3) is 0 Å². The van der Waals surface area contributed by atoms with Gasteiger partial charge >= 0.3 is 0 Å². The summed E-state index contributed by atoms with van der Waals surface area (Å²) in [6.45, 7) is 0.